The van der Waals surface area contributed by atoms with Crippen LogP contribution in [0.1, 0.15) is 51.7 Å². The predicted molar refractivity (Wildman–Crippen MR) is 141 cm³/mol. The molecule has 0 spiro atoms. The van der Waals surface area contributed by atoms with Crippen LogP contribution in [0.4, 0.5) is 5.95 Å². The minimum Gasteiger partial charge on any atom is -0.494 e. The molecule has 1 N–H and O–H groups in total. The summed E-state index contributed by atoms with van der Waals surface area (Å²) in [6, 6.07) is 5.27. The summed E-state index contributed by atoms with van der Waals surface area (Å²) in [4.78, 5) is 8.35. The van der Waals surface area contributed by atoms with Crippen molar-refractivity contribution in [1.82, 2.24) is 24.7 Å². The summed E-state index contributed by atoms with van der Waals surface area (Å²) in [5, 5.41) is 7.92. The van der Waals surface area contributed by atoms with Crippen LogP contribution in [0.5, 0.6) is 11.5 Å². The van der Waals surface area contributed by atoms with Gasteiger partial charge in [0, 0.05) is 24.7 Å². The summed E-state index contributed by atoms with van der Waals surface area (Å²) in [5.41, 5.74) is 0.468. The van der Waals surface area contributed by atoms with E-state index in [2.05, 4.69) is 24.9 Å². The lowest BCUT2D eigenvalue weighted by Gasteiger charge is -2.21. The lowest BCUT2D eigenvalue weighted by atomic mass is 10.1. The van der Waals surface area contributed by atoms with E-state index < -0.39 is 21.2 Å². The summed E-state index contributed by atoms with van der Waals surface area (Å²) in [6.45, 7) is 7.71. The zero-order chi connectivity index (χ0) is 27.2. The molecule has 0 fully saturated rings. The third kappa shape index (κ3) is 6.68. The van der Waals surface area contributed by atoms with Crippen molar-refractivity contribution in [2.75, 3.05) is 25.5 Å². The summed E-state index contributed by atoms with van der Waals surface area (Å²) in [7, 11) is -0.920. The van der Waals surface area contributed by atoms with Gasteiger partial charge in [0.15, 0.2) is 0 Å². The minimum absolute atomic E-state index is 0.00239. The monoisotopic (exact) mass is 552 g/mol. The first-order valence-electron chi connectivity index (χ1n) is 11.9. The van der Waals surface area contributed by atoms with Crippen molar-refractivity contribution in [3.8, 4) is 17.2 Å². The first-order valence-corrected chi connectivity index (χ1v) is 13.8. The number of rotatable bonds is 13. The van der Waals surface area contributed by atoms with E-state index >= 15 is 0 Å². The van der Waals surface area contributed by atoms with Crippen LogP contribution in [-0.2, 0) is 21.2 Å². The highest BCUT2D eigenvalue weighted by molar-refractivity contribution is 7.93. The van der Waals surface area contributed by atoms with Crippen LogP contribution >= 0.6 is 11.6 Å². The number of sulfonamides is 1. The predicted octanol–water partition coefficient (Wildman–Crippen LogP) is 4.02. The Morgan fingerprint density at radius 3 is 2.24 bits per heavy atom. The fraction of sp³-hybridized carbons (Fsp3) is 0.500. The number of aromatic nitrogens is 5. The topological polar surface area (TPSA) is 130 Å². The molecule has 37 heavy (non-hydrogen) atoms. The van der Waals surface area contributed by atoms with Crippen LogP contribution in [0, 0.1) is 0 Å². The second-order valence-corrected chi connectivity index (χ2v) is 11.0. The Morgan fingerprint density at radius 2 is 1.68 bits per heavy atom. The largest absolute Gasteiger partial charge is 0.494 e. The molecule has 202 valence electrons. The van der Waals surface area contributed by atoms with Crippen LogP contribution < -0.4 is 14.2 Å². The fourth-order valence-corrected chi connectivity index (χ4v) is 4.89. The second-order valence-electron chi connectivity index (χ2n) is 8.53. The maximum Gasteiger partial charge on any atom is 0.243 e. The SMILES string of the molecule is CC[C@H](C)OCCc1nnc(NS(=O)(=O)[C@@H](C)[C@H](C)c2ncc(Cl)cn2)n1-c1c(OC)cccc1OC. The molecule has 3 rings (SSSR count). The van der Waals surface area contributed by atoms with Crippen molar-refractivity contribution < 1.29 is 22.6 Å². The van der Waals surface area contributed by atoms with Gasteiger partial charge in [0.05, 0.1) is 37.2 Å². The molecule has 13 heteroatoms. The number of nitrogens with zero attached hydrogens (tertiary/aromatic N) is 5. The Hall–Kier alpha value is -2.96. The van der Waals surface area contributed by atoms with Gasteiger partial charge in [0.1, 0.15) is 28.8 Å². The number of ether oxygens (including phenoxy) is 3. The molecule has 0 aliphatic carbocycles. The van der Waals surface area contributed by atoms with Gasteiger partial charge >= 0.3 is 0 Å². The third-order valence-electron chi connectivity index (χ3n) is 6.13. The summed E-state index contributed by atoms with van der Waals surface area (Å²) < 4.78 is 48.1. The normalized spacial score (nSPS) is 14.1. The number of anilines is 1. The molecule has 3 aromatic rings. The Bertz CT molecular complexity index is 1260. The Kier molecular flexibility index (Phi) is 9.68. The lowest BCUT2D eigenvalue weighted by molar-refractivity contribution is 0.0649. The van der Waals surface area contributed by atoms with E-state index in [9.17, 15) is 8.42 Å². The number of benzene rings is 1. The lowest BCUT2D eigenvalue weighted by Crippen LogP contribution is -2.31. The van der Waals surface area contributed by atoms with Crippen molar-refractivity contribution in [2.24, 2.45) is 0 Å². The molecular formula is C24H33ClN6O5S. The molecule has 11 nitrogen and oxygen atoms in total. The average Bonchev–Trinajstić information content (AvgIpc) is 3.28. The van der Waals surface area contributed by atoms with Crippen molar-refractivity contribution in [1.29, 1.82) is 0 Å². The standard InChI is InChI=1S/C24H33ClN6O5S/c1-7-15(2)36-12-11-21-28-29-24(31(21)22-19(34-5)9-8-10-20(22)35-6)30-37(32,33)17(4)16(3)23-26-13-18(25)14-27-23/h8-10,13-17H,7,11-12H2,1-6H3,(H,29,30)/t15-,16-,17-/m0/s1. The van der Waals surface area contributed by atoms with E-state index in [0.29, 0.717) is 46.9 Å². The van der Waals surface area contributed by atoms with Crippen molar-refractivity contribution in [3.63, 3.8) is 0 Å². The van der Waals surface area contributed by atoms with Gasteiger partial charge in [0.2, 0.25) is 16.0 Å². The highest BCUT2D eigenvalue weighted by Gasteiger charge is 2.32. The molecule has 3 atom stereocenters. The highest BCUT2D eigenvalue weighted by Crippen LogP contribution is 2.36. The van der Waals surface area contributed by atoms with E-state index in [0.717, 1.165) is 6.42 Å². The van der Waals surface area contributed by atoms with E-state index in [1.165, 1.54) is 26.6 Å². The van der Waals surface area contributed by atoms with Crippen molar-refractivity contribution >= 4 is 27.6 Å². The molecule has 0 aliphatic rings. The molecule has 0 saturated carbocycles. The second kappa shape index (κ2) is 12.5. The molecule has 2 aromatic heterocycles. The summed E-state index contributed by atoms with van der Waals surface area (Å²) in [5.74, 6) is 1.22. The molecule has 0 bridgehead atoms. The number of hydrogen-bond donors (Lipinski definition) is 1. The number of nitrogens with one attached hydrogen (secondary N) is 1. The number of hydrogen-bond acceptors (Lipinski definition) is 9. The summed E-state index contributed by atoms with van der Waals surface area (Å²) >= 11 is 5.88. The molecular weight excluding hydrogens is 520 g/mol. The highest BCUT2D eigenvalue weighted by atomic mass is 35.5. The van der Waals surface area contributed by atoms with Gasteiger partial charge in [-0.05, 0) is 32.4 Å². The minimum atomic E-state index is -3.96. The third-order valence-corrected chi connectivity index (χ3v) is 8.18. The average molecular weight is 553 g/mol. The van der Waals surface area contributed by atoms with E-state index in [1.807, 2.05) is 13.8 Å². The maximum absolute atomic E-state index is 13.5. The summed E-state index contributed by atoms with van der Waals surface area (Å²) in [6.07, 6.45) is 4.19. The molecule has 0 aliphatic heterocycles. The van der Waals surface area contributed by atoms with Crippen molar-refractivity contribution in [3.05, 3.63) is 47.3 Å². The fourth-order valence-electron chi connectivity index (χ4n) is 3.56. The molecule has 2 heterocycles. The Balaban J connectivity index is 2.01. The van der Waals surface area contributed by atoms with Gasteiger partial charge in [-0.25, -0.2) is 18.4 Å². The number of para-hydroxylation sites is 1. The van der Waals surface area contributed by atoms with Crippen LogP contribution in [0.15, 0.2) is 30.6 Å². The molecule has 0 saturated heterocycles. The van der Waals surface area contributed by atoms with Crippen LogP contribution in [0.2, 0.25) is 5.02 Å². The van der Waals surface area contributed by atoms with E-state index in [-0.39, 0.29) is 12.1 Å². The van der Waals surface area contributed by atoms with Gasteiger partial charge in [-0.2, -0.15) is 0 Å². The Labute approximate surface area is 222 Å². The molecule has 0 amide bonds. The van der Waals surface area contributed by atoms with Gasteiger partial charge in [0.25, 0.3) is 0 Å². The first kappa shape index (κ1) is 28.6. The first-order chi connectivity index (χ1) is 17.6. The molecule has 1 aromatic carbocycles. The number of methoxy groups -OCH3 is 2. The molecule has 0 unspecified atom stereocenters. The van der Waals surface area contributed by atoms with E-state index in [1.54, 1.807) is 36.6 Å². The zero-order valence-electron chi connectivity index (χ0n) is 21.8. The van der Waals surface area contributed by atoms with Crippen molar-refractivity contribution in [2.45, 2.75) is 57.8 Å². The smallest absolute Gasteiger partial charge is 0.243 e. The van der Waals surface area contributed by atoms with Gasteiger partial charge < -0.3 is 14.2 Å². The molecule has 0 radical (unpaired) electrons. The number of halogens is 1. The van der Waals surface area contributed by atoms with Crippen LogP contribution in [-0.4, -0.2) is 65.3 Å². The quantitative estimate of drug-likeness (QED) is 0.334. The maximum atomic E-state index is 13.5. The van der Waals surface area contributed by atoms with Crippen LogP contribution in [0.25, 0.3) is 5.69 Å². The van der Waals surface area contributed by atoms with E-state index in [4.69, 9.17) is 25.8 Å². The van der Waals surface area contributed by atoms with Gasteiger partial charge in [-0.1, -0.05) is 31.5 Å². The van der Waals surface area contributed by atoms with Gasteiger partial charge in [-0.3, -0.25) is 9.29 Å². The zero-order valence-corrected chi connectivity index (χ0v) is 23.4. The van der Waals surface area contributed by atoms with Crippen LogP contribution in [0.3, 0.4) is 0 Å². The Morgan fingerprint density at radius 1 is 1.05 bits per heavy atom. The van der Waals surface area contributed by atoms with Gasteiger partial charge in [-0.15, -0.1) is 10.2 Å².